The molecular formula is C7H16N2O2. The number of hydrazine groups is 1. The first-order valence-corrected chi connectivity index (χ1v) is 3.83. The molecule has 0 bridgehead atoms. The quantitative estimate of drug-likeness (QED) is 0.500. The summed E-state index contributed by atoms with van der Waals surface area (Å²) in [7, 11) is 0. The summed E-state index contributed by atoms with van der Waals surface area (Å²) < 4.78 is 5.20. The van der Waals surface area contributed by atoms with Gasteiger partial charge in [0, 0.05) is 6.54 Å². The number of aliphatic hydroxyl groups is 1. The average molecular weight is 160 g/mol. The fourth-order valence-electron chi connectivity index (χ4n) is 1.23. The zero-order valence-corrected chi connectivity index (χ0v) is 7.08. The van der Waals surface area contributed by atoms with Crippen LogP contribution in [0.3, 0.4) is 0 Å². The fraction of sp³-hybridized carbons (Fsp3) is 1.00. The molecule has 1 saturated heterocycles. The van der Waals surface area contributed by atoms with Crippen LogP contribution in [0.25, 0.3) is 0 Å². The van der Waals surface area contributed by atoms with Crippen molar-refractivity contribution in [3.63, 3.8) is 0 Å². The van der Waals surface area contributed by atoms with E-state index in [-0.39, 0.29) is 6.04 Å². The Kier molecular flexibility index (Phi) is 2.49. The zero-order valence-electron chi connectivity index (χ0n) is 7.08. The lowest BCUT2D eigenvalue weighted by Gasteiger charge is -2.39. The van der Waals surface area contributed by atoms with E-state index in [0.717, 1.165) is 0 Å². The van der Waals surface area contributed by atoms with Crippen LogP contribution < -0.4 is 5.84 Å². The van der Waals surface area contributed by atoms with Gasteiger partial charge in [-0.15, -0.1) is 0 Å². The molecule has 4 nitrogen and oxygen atoms in total. The Hall–Kier alpha value is -0.160. The standard InChI is InChI=1S/C7H16N2O2/c1-7(2,10)6-5-11-4-3-9(6)8/h6,10H,3-5,8H2,1-2H3. The molecule has 1 unspecified atom stereocenters. The molecule has 1 heterocycles. The predicted octanol–water partition coefficient (Wildman–Crippen LogP) is -0.668. The van der Waals surface area contributed by atoms with Gasteiger partial charge in [-0.3, -0.25) is 5.84 Å². The second-order valence-electron chi connectivity index (χ2n) is 3.48. The molecule has 0 radical (unpaired) electrons. The van der Waals surface area contributed by atoms with E-state index in [1.54, 1.807) is 18.9 Å². The molecule has 1 fully saturated rings. The molecule has 1 rings (SSSR count). The Morgan fingerprint density at radius 2 is 2.27 bits per heavy atom. The maximum atomic E-state index is 9.61. The number of ether oxygens (including phenoxy) is 1. The van der Waals surface area contributed by atoms with Crippen molar-refractivity contribution >= 4 is 0 Å². The molecular weight excluding hydrogens is 144 g/mol. The van der Waals surface area contributed by atoms with Crippen LogP contribution in [0.4, 0.5) is 0 Å². The van der Waals surface area contributed by atoms with Crippen molar-refractivity contribution in [3.8, 4) is 0 Å². The highest BCUT2D eigenvalue weighted by molar-refractivity contribution is 4.85. The van der Waals surface area contributed by atoms with Gasteiger partial charge in [0.25, 0.3) is 0 Å². The van der Waals surface area contributed by atoms with Gasteiger partial charge in [-0.05, 0) is 13.8 Å². The molecule has 1 atom stereocenters. The molecule has 0 amide bonds. The van der Waals surface area contributed by atoms with Gasteiger partial charge in [0.2, 0.25) is 0 Å². The normalized spacial score (nSPS) is 28.9. The highest BCUT2D eigenvalue weighted by Gasteiger charge is 2.33. The maximum absolute atomic E-state index is 9.61. The van der Waals surface area contributed by atoms with Crippen LogP contribution in [0.15, 0.2) is 0 Å². The molecule has 0 aromatic rings. The summed E-state index contributed by atoms with van der Waals surface area (Å²) in [5.41, 5.74) is -0.783. The van der Waals surface area contributed by atoms with Gasteiger partial charge < -0.3 is 9.84 Å². The largest absolute Gasteiger partial charge is 0.389 e. The Bertz CT molecular complexity index is 133. The van der Waals surface area contributed by atoms with Gasteiger partial charge in [-0.1, -0.05) is 0 Å². The Morgan fingerprint density at radius 1 is 1.64 bits per heavy atom. The van der Waals surface area contributed by atoms with Crippen molar-refractivity contribution in [1.29, 1.82) is 0 Å². The van der Waals surface area contributed by atoms with Crippen LogP contribution in [0.5, 0.6) is 0 Å². The molecule has 0 spiro atoms. The van der Waals surface area contributed by atoms with Crippen molar-refractivity contribution in [2.45, 2.75) is 25.5 Å². The summed E-state index contributed by atoms with van der Waals surface area (Å²) in [6.45, 7) is 5.34. The lowest BCUT2D eigenvalue weighted by molar-refractivity contribution is -0.0957. The van der Waals surface area contributed by atoms with Gasteiger partial charge in [-0.2, -0.15) is 0 Å². The van der Waals surface area contributed by atoms with Crippen LogP contribution in [0.2, 0.25) is 0 Å². The summed E-state index contributed by atoms with van der Waals surface area (Å²) in [6.07, 6.45) is 0. The lowest BCUT2D eigenvalue weighted by Crippen LogP contribution is -2.58. The van der Waals surface area contributed by atoms with Crippen LogP contribution in [0.1, 0.15) is 13.8 Å². The first-order chi connectivity index (χ1) is 5.02. The molecule has 66 valence electrons. The number of hydrogen-bond acceptors (Lipinski definition) is 4. The van der Waals surface area contributed by atoms with E-state index in [1.807, 2.05) is 0 Å². The van der Waals surface area contributed by atoms with E-state index in [9.17, 15) is 5.11 Å². The molecule has 11 heavy (non-hydrogen) atoms. The number of hydrogen-bond donors (Lipinski definition) is 2. The molecule has 0 aromatic heterocycles. The van der Waals surface area contributed by atoms with Crippen molar-refractivity contribution in [2.24, 2.45) is 5.84 Å². The Labute approximate surface area is 66.9 Å². The molecule has 0 aromatic carbocycles. The van der Waals surface area contributed by atoms with E-state index in [0.29, 0.717) is 19.8 Å². The van der Waals surface area contributed by atoms with Gasteiger partial charge in [0.1, 0.15) is 0 Å². The monoisotopic (exact) mass is 160 g/mol. The summed E-state index contributed by atoms with van der Waals surface area (Å²) in [4.78, 5) is 0. The highest BCUT2D eigenvalue weighted by atomic mass is 16.5. The third-order valence-corrected chi connectivity index (χ3v) is 1.99. The van der Waals surface area contributed by atoms with Crippen molar-refractivity contribution in [3.05, 3.63) is 0 Å². The van der Waals surface area contributed by atoms with E-state index >= 15 is 0 Å². The molecule has 0 saturated carbocycles. The Morgan fingerprint density at radius 3 is 2.64 bits per heavy atom. The van der Waals surface area contributed by atoms with Gasteiger partial charge in [0.05, 0.1) is 24.9 Å². The van der Waals surface area contributed by atoms with E-state index in [1.165, 1.54) is 0 Å². The number of morpholine rings is 1. The topological polar surface area (TPSA) is 58.7 Å². The predicted molar refractivity (Wildman–Crippen MR) is 41.8 cm³/mol. The second-order valence-corrected chi connectivity index (χ2v) is 3.48. The van der Waals surface area contributed by atoms with Gasteiger partial charge in [0.15, 0.2) is 0 Å². The van der Waals surface area contributed by atoms with Gasteiger partial charge in [-0.25, -0.2) is 5.01 Å². The Balaban J connectivity index is 2.55. The minimum atomic E-state index is -0.783. The van der Waals surface area contributed by atoms with Gasteiger partial charge >= 0.3 is 0 Å². The van der Waals surface area contributed by atoms with Crippen LogP contribution >= 0.6 is 0 Å². The van der Waals surface area contributed by atoms with Crippen molar-refractivity contribution < 1.29 is 9.84 Å². The number of nitrogens with zero attached hydrogens (tertiary/aromatic N) is 1. The first kappa shape index (κ1) is 8.93. The molecule has 4 heteroatoms. The van der Waals surface area contributed by atoms with Crippen LogP contribution in [-0.2, 0) is 4.74 Å². The number of nitrogens with two attached hydrogens (primary N) is 1. The zero-order chi connectivity index (χ0) is 8.48. The molecule has 0 aliphatic carbocycles. The third-order valence-electron chi connectivity index (χ3n) is 1.99. The first-order valence-electron chi connectivity index (χ1n) is 3.83. The molecule has 3 N–H and O–H groups in total. The summed E-state index contributed by atoms with van der Waals surface area (Å²) >= 11 is 0. The van der Waals surface area contributed by atoms with E-state index < -0.39 is 5.60 Å². The fourth-order valence-corrected chi connectivity index (χ4v) is 1.23. The summed E-state index contributed by atoms with van der Waals surface area (Å²) in [5.74, 6) is 5.66. The SMILES string of the molecule is CC(C)(O)C1COCCN1N. The molecule has 1 aliphatic rings. The lowest BCUT2D eigenvalue weighted by atomic mass is 9.98. The number of rotatable bonds is 1. The van der Waals surface area contributed by atoms with Crippen LogP contribution in [-0.4, -0.2) is 41.5 Å². The third kappa shape index (κ3) is 2.13. The van der Waals surface area contributed by atoms with Crippen molar-refractivity contribution in [1.82, 2.24) is 5.01 Å². The van der Waals surface area contributed by atoms with E-state index in [2.05, 4.69) is 0 Å². The van der Waals surface area contributed by atoms with E-state index in [4.69, 9.17) is 10.6 Å². The summed E-state index contributed by atoms with van der Waals surface area (Å²) in [5, 5.41) is 11.3. The van der Waals surface area contributed by atoms with Crippen LogP contribution in [0, 0.1) is 0 Å². The summed E-state index contributed by atoms with van der Waals surface area (Å²) in [6, 6.07) is -0.0868. The van der Waals surface area contributed by atoms with Crippen molar-refractivity contribution in [2.75, 3.05) is 19.8 Å². The second kappa shape index (κ2) is 3.06. The average Bonchev–Trinajstić information content (AvgIpc) is 1.86. The smallest absolute Gasteiger partial charge is 0.0782 e. The minimum Gasteiger partial charge on any atom is -0.389 e. The molecule has 1 aliphatic heterocycles. The minimum absolute atomic E-state index is 0.0868. The highest BCUT2D eigenvalue weighted by Crippen LogP contribution is 2.15. The maximum Gasteiger partial charge on any atom is 0.0782 e.